The van der Waals surface area contributed by atoms with Gasteiger partial charge in [-0.3, -0.25) is 4.90 Å². The van der Waals surface area contributed by atoms with Crippen molar-refractivity contribution in [3.63, 3.8) is 0 Å². The van der Waals surface area contributed by atoms with Gasteiger partial charge in [0.1, 0.15) is 5.75 Å². The van der Waals surface area contributed by atoms with Crippen molar-refractivity contribution in [1.29, 1.82) is 5.26 Å². The highest BCUT2D eigenvalue weighted by atomic mass is 16.5. The standard InChI is InChI=1S/C16H22N2O/c1-19-15-9-7-14(8-10-15)16-6-5-13-18(16)12-4-2-3-11-17/h7-10,16H,2-6,12-13H2,1H3. The summed E-state index contributed by atoms with van der Waals surface area (Å²) in [5, 5.41) is 8.56. The number of nitrogens with zero attached hydrogens (tertiary/aromatic N) is 2. The molecule has 0 saturated carbocycles. The van der Waals surface area contributed by atoms with Crippen LogP contribution in [0.15, 0.2) is 24.3 Å². The Morgan fingerprint density at radius 3 is 2.79 bits per heavy atom. The van der Waals surface area contributed by atoms with Crippen LogP contribution in [0.3, 0.4) is 0 Å². The van der Waals surface area contributed by atoms with Crippen molar-refractivity contribution in [3.05, 3.63) is 29.8 Å². The fourth-order valence-electron chi connectivity index (χ4n) is 2.82. The van der Waals surface area contributed by atoms with Crippen molar-refractivity contribution in [2.45, 2.75) is 38.1 Å². The molecule has 0 amide bonds. The van der Waals surface area contributed by atoms with Crippen LogP contribution < -0.4 is 4.74 Å². The second-order valence-electron chi connectivity index (χ2n) is 5.08. The second kappa shape index (κ2) is 7.16. The molecule has 0 N–H and O–H groups in total. The Morgan fingerprint density at radius 2 is 2.11 bits per heavy atom. The van der Waals surface area contributed by atoms with Gasteiger partial charge in [0, 0.05) is 12.5 Å². The number of rotatable bonds is 6. The molecule has 0 radical (unpaired) electrons. The maximum atomic E-state index is 8.56. The van der Waals surface area contributed by atoms with Crippen molar-refractivity contribution in [3.8, 4) is 11.8 Å². The van der Waals surface area contributed by atoms with E-state index in [0.29, 0.717) is 12.5 Å². The van der Waals surface area contributed by atoms with Crippen molar-refractivity contribution in [2.75, 3.05) is 20.2 Å². The first-order valence-electron chi connectivity index (χ1n) is 7.10. The Kier molecular flexibility index (Phi) is 5.23. The van der Waals surface area contributed by atoms with Gasteiger partial charge in [0.15, 0.2) is 0 Å². The Hall–Kier alpha value is -1.53. The largest absolute Gasteiger partial charge is 0.497 e. The molecule has 1 aromatic carbocycles. The van der Waals surface area contributed by atoms with Gasteiger partial charge in [0.2, 0.25) is 0 Å². The summed E-state index contributed by atoms with van der Waals surface area (Å²) >= 11 is 0. The molecule has 102 valence electrons. The quantitative estimate of drug-likeness (QED) is 0.732. The molecule has 3 heteroatoms. The Labute approximate surface area is 115 Å². The number of unbranched alkanes of at least 4 members (excludes halogenated alkanes) is 2. The molecule has 0 bridgehead atoms. The average Bonchev–Trinajstić information content (AvgIpc) is 2.92. The molecule has 3 nitrogen and oxygen atoms in total. The third-order valence-corrected chi connectivity index (χ3v) is 3.85. The van der Waals surface area contributed by atoms with E-state index < -0.39 is 0 Å². The van der Waals surface area contributed by atoms with Gasteiger partial charge in [-0.2, -0.15) is 5.26 Å². The van der Waals surface area contributed by atoms with Gasteiger partial charge in [-0.05, 0) is 56.5 Å². The van der Waals surface area contributed by atoms with E-state index in [1.54, 1.807) is 7.11 Å². The summed E-state index contributed by atoms with van der Waals surface area (Å²) in [6, 6.07) is 11.2. The van der Waals surface area contributed by atoms with Crippen LogP contribution >= 0.6 is 0 Å². The molecule has 1 unspecified atom stereocenters. The molecule has 1 aromatic rings. The lowest BCUT2D eigenvalue weighted by Crippen LogP contribution is -2.24. The third-order valence-electron chi connectivity index (χ3n) is 3.85. The Balaban J connectivity index is 1.92. The topological polar surface area (TPSA) is 36.3 Å². The lowest BCUT2D eigenvalue weighted by molar-refractivity contribution is 0.252. The fraction of sp³-hybridized carbons (Fsp3) is 0.562. The molecule has 19 heavy (non-hydrogen) atoms. The number of hydrogen-bond donors (Lipinski definition) is 0. The molecule has 1 heterocycles. The van der Waals surface area contributed by atoms with Gasteiger partial charge in [-0.15, -0.1) is 0 Å². The number of nitriles is 1. The van der Waals surface area contributed by atoms with Crippen LogP contribution in [0.1, 0.15) is 43.7 Å². The first-order valence-corrected chi connectivity index (χ1v) is 7.10. The molecular formula is C16H22N2O. The lowest BCUT2D eigenvalue weighted by atomic mass is 10.0. The van der Waals surface area contributed by atoms with E-state index in [-0.39, 0.29) is 0 Å². The molecule has 0 aromatic heterocycles. The summed E-state index contributed by atoms with van der Waals surface area (Å²) in [5.41, 5.74) is 1.39. The fourth-order valence-corrected chi connectivity index (χ4v) is 2.82. The Bertz CT molecular complexity index is 421. The molecule has 1 atom stereocenters. The molecule has 0 aliphatic carbocycles. The predicted octanol–water partition coefficient (Wildman–Crippen LogP) is 3.53. The van der Waals surface area contributed by atoms with E-state index in [1.807, 2.05) is 12.1 Å². The number of likely N-dealkylation sites (tertiary alicyclic amines) is 1. The monoisotopic (exact) mass is 258 g/mol. The van der Waals surface area contributed by atoms with Gasteiger partial charge in [0.05, 0.1) is 13.2 Å². The molecule has 0 spiro atoms. The lowest BCUT2D eigenvalue weighted by Gasteiger charge is -2.24. The number of methoxy groups -OCH3 is 1. The summed E-state index contributed by atoms with van der Waals surface area (Å²) in [4.78, 5) is 2.55. The minimum absolute atomic E-state index is 0.549. The average molecular weight is 258 g/mol. The smallest absolute Gasteiger partial charge is 0.118 e. The van der Waals surface area contributed by atoms with Crippen molar-refractivity contribution in [2.24, 2.45) is 0 Å². The molecule has 1 aliphatic rings. The number of ether oxygens (including phenoxy) is 1. The highest BCUT2D eigenvalue weighted by Crippen LogP contribution is 2.32. The highest BCUT2D eigenvalue weighted by Gasteiger charge is 2.25. The minimum atomic E-state index is 0.549. The number of hydrogen-bond acceptors (Lipinski definition) is 3. The summed E-state index contributed by atoms with van der Waals surface area (Å²) < 4.78 is 5.21. The van der Waals surface area contributed by atoms with Gasteiger partial charge >= 0.3 is 0 Å². The van der Waals surface area contributed by atoms with E-state index in [9.17, 15) is 0 Å². The van der Waals surface area contributed by atoms with E-state index in [1.165, 1.54) is 24.9 Å². The van der Waals surface area contributed by atoms with Crippen LogP contribution in [0, 0.1) is 11.3 Å². The van der Waals surface area contributed by atoms with E-state index in [0.717, 1.165) is 25.1 Å². The Morgan fingerprint density at radius 1 is 1.32 bits per heavy atom. The molecule has 2 rings (SSSR count). The van der Waals surface area contributed by atoms with E-state index in [2.05, 4.69) is 23.1 Å². The van der Waals surface area contributed by atoms with Crippen LogP contribution in [0.4, 0.5) is 0 Å². The predicted molar refractivity (Wildman–Crippen MR) is 76.0 cm³/mol. The normalized spacial score (nSPS) is 19.3. The minimum Gasteiger partial charge on any atom is -0.497 e. The maximum Gasteiger partial charge on any atom is 0.118 e. The van der Waals surface area contributed by atoms with Crippen molar-refractivity contribution in [1.82, 2.24) is 4.90 Å². The van der Waals surface area contributed by atoms with Crippen molar-refractivity contribution >= 4 is 0 Å². The third kappa shape index (κ3) is 3.71. The van der Waals surface area contributed by atoms with Crippen LogP contribution in [0.2, 0.25) is 0 Å². The SMILES string of the molecule is COc1ccc(C2CCCN2CCCCC#N)cc1. The van der Waals surface area contributed by atoms with Crippen LogP contribution in [-0.2, 0) is 0 Å². The zero-order chi connectivity index (χ0) is 13.5. The molecule has 1 aliphatic heterocycles. The first kappa shape index (κ1) is 13.9. The van der Waals surface area contributed by atoms with E-state index >= 15 is 0 Å². The summed E-state index contributed by atoms with van der Waals surface area (Å²) in [7, 11) is 1.70. The summed E-state index contributed by atoms with van der Waals surface area (Å²) in [6.07, 6.45) is 5.34. The van der Waals surface area contributed by atoms with Crippen LogP contribution in [0.5, 0.6) is 5.75 Å². The molecule has 1 fully saturated rings. The zero-order valence-electron chi connectivity index (χ0n) is 11.6. The van der Waals surface area contributed by atoms with Crippen molar-refractivity contribution < 1.29 is 4.74 Å². The second-order valence-corrected chi connectivity index (χ2v) is 5.08. The molecule has 1 saturated heterocycles. The first-order chi connectivity index (χ1) is 9.35. The van der Waals surface area contributed by atoms with Gasteiger partial charge < -0.3 is 4.74 Å². The molecular weight excluding hydrogens is 236 g/mol. The summed E-state index contributed by atoms with van der Waals surface area (Å²) in [6.45, 7) is 2.29. The van der Waals surface area contributed by atoms with Gasteiger partial charge in [-0.25, -0.2) is 0 Å². The van der Waals surface area contributed by atoms with Crippen LogP contribution in [-0.4, -0.2) is 25.1 Å². The van der Waals surface area contributed by atoms with E-state index in [4.69, 9.17) is 10.00 Å². The van der Waals surface area contributed by atoms with Gasteiger partial charge in [0.25, 0.3) is 0 Å². The van der Waals surface area contributed by atoms with Gasteiger partial charge in [-0.1, -0.05) is 12.1 Å². The maximum absolute atomic E-state index is 8.56. The summed E-state index contributed by atoms with van der Waals surface area (Å²) in [5.74, 6) is 0.919. The number of benzene rings is 1. The zero-order valence-corrected chi connectivity index (χ0v) is 11.6. The van der Waals surface area contributed by atoms with Crippen LogP contribution in [0.25, 0.3) is 0 Å². The highest BCUT2D eigenvalue weighted by molar-refractivity contribution is 5.29.